The highest BCUT2D eigenvalue weighted by Gasteiger charge is 2.22. The molecule has 0 unspecified atom stereocenters. The maximum absolute atomic E-state index is 11.4. The van der Waals surface area contributed by atoms with Gasteiger partial charge in [0.1, 0.15) is 29.5 Å². The number of hydrogen-bond donors (Lipinski definition) is 2. The first-order valence-corrected chi connectivity index (χ1v) is 8.55. The van der Waals surface area contributed by atoms with E-state index in [-0.39, 0.29) is 22.8 Å². The average molecular weight is 355 g/mol. The summed E-state index contributed by atoms with van der Waals surface area (Å²) in [6, 6.07) is 6.05. The monoisotopic (exact) mass is 354 g/mol. The first-order chi connectivity index (χ1) is 11.0. The van der Waals surface area contributed by atoms with Gasteiger partial charge >= 0.3 is 7.60 Å². The predicted octanol–water partition coefficient (Wildman–Crippen LogP) is 1.36. The first kappa shape index (κ1) is 15.9. The quantitative estimate of drug-likeness (QED) is 0.525. The second-order valence-corrected chi connectivity index (χ2v) is 6.56. The smallest absolute Gasteiger partial charge is 0.359 e. The molecule has 0 saturated heterocycles. The van der Waals surface area contributed by atoms with Crippen molar-refractivity contribution in [1.82, 2.24) is 19.5 Å². The molecule has 23 heavy (non-hydrogen) atoms. The zero-order valence-corrected chi connectivity index (χ0v) is 13.4. The minimum Gasteiger partial charge on any atom is -0.491 e. The predicted molar refractivity (Wildman–Crippen MR) is 83.9 cm³/mol. The van der Waals surface area contributed by atoms with Crippen LogP contribution in [0.15, 0.2) is 36.9 Å². The fourth-order valence-electron chi connectivity index (χ4n) is 2.09. The molecule has 120 valence electrons. The lowest BCUT2D eigenvalue weighted by molar-refractivity contribution is 0.300. The lowest BCUT2D eigenvalue weighted by Gasteiger charge is -2.12. The Morgan fingerprint density at radius 3 is 2.78 bits per heavy atom. The van der Waals surface area contributed by atoms with Gasteiger partial charge in [0.25, 0.3) is 0 Å². The van der Waals surface area contributed by atoms with Gasteiger partial charge in [0, 0.05) is 0 Å². The van der Waals surface area contributed by atoms with Crippen LogP contribution in [0.4, 0.5) is 0 Å². The largest absolute Gasteiger partial charge is 0.491 e. The van der Waals surface area contributed by atoms with Gasteiger partial charge in [0.05, 0.1) is 12.9 Å². The number of aromatic nitrogens is 4. The summed E-state index contributed by atoms with van der Waals surface area (Å²) in [5.74, 6) is 0.151. The zero-order valence-electron chi connectivity index (χ0n) is 11.7. The van der Waals surface area contributed by atoms with Gasteiger partial charge in [0.2, 0.25) is 0 Å². The molecule has 8 nitrogen and oxygen atoms in total. The van der Waals surface area contributed by atoms with Gasteiger partial charge < -0.3 is 19.1 Å². The van der Waals surface area contributed by atoms with Gasteiger partial charge in [0.15, 0.2) is 10.8 Å². The number of hydrogen-bond acceptors (Lipinski definition) is 5. The summed E-state index contributed by atoms with van der Waals surface area (Å²) < 4.78 is 18.6. The number of para-hydroxylation sites is 1. The molecule has 0 aliphatic heterocycles. The molecule has 0 radical (unpaired) electrons. The maximum Gasteiger partial charge on any atom is 0.359 e. The summed E-state index contributed by atoms with van der Waals surface area (Å²) in [6.07, 6.45) is 2.90. The van der Waals surface area contributed by atoms with Crippen LogP contribution < -0.4 is 10.0 Å². The van der Waals surface area contributed by atoms with Crippen LogP contribution in [0.25, 0.3) is 11.2 Å². The standard InChI is InChI=1S/C13H12ClN4O4P/c14-12-11-13(16-7-15-12)18(8-17-11)5-6-22-9-3-1-2-4-10(9)23(19,20)21/h1-4,7-8H,5-6H2,(H2,19,20,21). The summed E-state index contributed by atoms with van der Waals surface area (Å²) in [6.45, 7) is 0.573. The molecule has 0 aliphatic carbocycles. The molecule has 0 spiro atoms. The van der Waals surface area contributed by atoms with Crippen molar-refractivity contribution >= 4 is 35.7 Å². The molecule has 2 heterocycles. The second-order valence-electron chi connectivity index (χ2n) is 4.63. The van der Waals surface area contributed by atoms with Gasteiger partial charge in [-0.1, -0.05) is 23.7 Å². The summed E-state index contributed by atoms with van der Waals surface area (Å²) in [4.78, 5) is 30.7. The number of ether oxygens (including phenoxy) is 1. The summed E-state index contributed by atoms with van der Waals surface area (Å²) >= 11 is 5.93. The molecule has 0 saturated carbocycles. The van der Waals surface area contributed by atoms with Crippen LogP contribution in [0.5, 0.6) is 5.75 Å². The molecule has 0 amide bonds. The summed E-state index contributed by atoms with van der Waals surface area (Å²) in [7, 11) is -4.38. The molecule has 3 aromatic rings. The van der Waals surface area contributed by atoms with Crippen molar-refractivity contribution in [3.63, 3.8) is 0 Å². The number of nitrogens with zero attached hydrogens (tertiary/aromatic N) is 4. The van der Waals surface area contributed by atoms with Gasteiger partial charge in [-0.15, -0.1) is 0 Å². The van der Waals surface area contributed by atoms with Crippen LogP contribution in [0.2, 0.25) is 5.15 Å². The lowest BCUT2D eigenvalue weighted by atomic mass is 10.3. The fraction of sp³-hybridized carbons (Fsp3) is 0.154. The molecule has 1 aromatic carbocycles. The Labute approximate surface area is 135 Å². The average Bonchev–Trinajstić information content (AvgIpc) is 2.92. The van der Waals surface area contributed by atoms with E-state index in [4.69, 9.17) is 16.3 Å². The van der Waals surface area contributed by atoms with Crippen LogP contribution in [-0.4, -0.2) is 35.9 Å². The Hall–Kier alpha value is -1.99. The Bertz CT molecular complexity index is 895. The molecule has 0 aliphatic rings. The van der Waals surface area contributed by atoms with Crippen molar-refractivity contribution in [2.24, 2.45) is 0 Å². The number of imidazole rings is 1. The number of benzene rings is 1. The van der Waals surface area contributed by atoms with Crippen molar-refractivity contribution in [3.8, 4) is 5.75 Å². The van der Waals surface area contributed by atoms with E-state index in [1.165, 1.54) is 18.5 Å². The maximum atomic E-state index is 11.4. The fourth-order valence-corrected chi connectivity index (χ4v) is 2.97. The van der Waals surface area contributed by atoms with Crippen LogP contribution in [0.1, 0.15) is 0 Å². The van der Waals surface area contributed by atoms with Crippen LogP contribution in [0.3, 0.4) is 0 Å². The van der Waals surface area contributed by atoms with E-state index < -0.39 is 7.60 Å². The van der Waals surface area contributed by atoms with Crippen molar-refractivity contribution in [2.45, 2.75) is 6.54 Å². The Morgan fingerprint density at radius 1 is 1.22 bits per heavy atom. The molecular weight excluding hydrogens is 343 g/mol. The highest BCUT2D eigenvalue weighted by Crippen LogP contribution is 2.37. The lowest BCUT2D eigenvalue weighted by Crippen LogP contribution is -2.14. The summed E-state index contributed by atoms with van der Waals surface area (Å²) in [5.41, 5.74) is 1.06. The highest BCUT2D eigenvalue weighted by atomic mass is 35.5. The Kier molecular flexibility index (Phi) is 4.32. The van der Waals surface area contributed by atoms with E-state index >= 15 is 0 Å². The van der Waals surface area contributed by atoms with E-state index in [0.29, 0.717) is 17.7 Å². The highest BCUT2D eigenvalue weighted by molar-refractivity contribution is 7.60. The molecule has 2 N–H and O–H groups in total. The normalized spacial score (nSPS) is 11.8. The minimum absolute atomic E-state index is 0.138. The third-order valence-electron chi connectivity index (χ3n) is 3.13. The van der Waals surface area contributed by atoms with E-state index in [1.54, 1.807) is 23.0 Å². The van der Waals surface area contributed by atoms with Crippen molar-refractivity contribution < 1.29 is 19.1 Å². The van der Waals surface area contributed by atoms with Crippen molar-refractivity contribution in [2.75, 3.05) is 6.61 Å². The third kappa shape index (κ3) is 3.35. The molecular formula is C13H12ClN4O4P. The number of halogens is 1. The second kappa shape index (κ2) is 6.25. The molecule has 3 rings (SSSR count). The van der Waals surface area contributed by atoms with Crippen LogP contribution in [0, 0.1) is 0 Å². The van der Waals surface area contributed by atoms with Gasteiger partial charge in [-0.05, 0) is 12.1 Å². The van der Waals surface area contributed by atoms with Crippen LogP contribution >= 0.6 is 19.2 Å². The van der Waals surface area contributed by atoms with Crippen LogP contribution in [-0.2, 0) is 11.1 Å². The minimum atomic E-state index is -4.38. The zero-order chi connectivity index (χ0) is 16.4. The Balaban J connectivity index is 1.75. The SMILES string of the molecule is O=P(O)(O)c1ccccc1OCCn1cnc2c(Cl)ncnc21. The van der Waals surface area contributed by atoms with Crippen molar-refractivity contribution in [1.29, 1.82) is 0 Å². The van der Waals surface area contributed by atoms with Gasteiger partial charge in [-0.25, -0.2) is 15.0 Å². The van der Waals surface area contributed by atoms with Gasteiger partial charge in [-0.2, -0.15) is 0 Å². The number of fused-ring (bicyclic) bond motifs is 1. The van der Waals surface area contributed by atoms with E-state index in [0.717, 1.165) is 0 Å². The van der Waals surface area contributed by atoms with Gasteiger partial charge in [-0.3, -0.25) is 4.57 Å². The topological polar surface area (TPSA) is 110 Å². The molecule has 2 aromatic heterocycles. The van der Waals surface area contributed by atoms with E-state index in [2.05, 4.69) is 15.0 Å². The van der Waals surface area contributed by atoms with Crippen molar-refractivity contribution in [3.05, 3.63) is 42.1 Å². The molecule has 0 fully saturated rings. The third-order valence-corrected chi connectivity index (χ3v) is 4.40. The van der Waals surface area contributed by atoms with E-state index in [1.807, 2.05) is 0 Å². The van der Waals surface area contributed by atoms with E-state index in [9.17, 15) is 14.4 Å². The molecule has 0 bridgehead atoms. The first-order valence-electron chi connectivity index (χ1n) is 6.56. The molecule has 0 atom stereocenters. The summed E-state index contributed by atoms with van der Waals surface area (Å²) in [5, 5.41) is 0.127. The Morgan fingerprint density at radius 2 is 2.00 bits per heavy atom. The molecule has 10 heteroatoms. The number of rotatable bonds is 5.